The summed E-state index contributed by atoms with van der Waals surface area (Å²) >= 11 is 0. The first kappa shape index (κ1) is 27.7. The number of aromatic nitrogens is 4. The maximum atomic E-state index is 11.7. The van der Waals surface area contributed by atoms with Gasteiger partial charge in [0.1, 0.15) is 5.69 Å². The van der Waals surface area contributed by atoms with E-state index in [1.165, 1.54) is 5.56 Å². The summed E-state index contributed by atoms with van der Waals surface area (Å²) in [6.07, 6.45) is 8.33. The van der Waals surface area contributed by atoms with Gasteiger partial charge in [0.25, 0.3) is 0 Å². The zero-order valence-corrected chi connectivity index (χ0v) is 23.9. The summed E-state index contributed by atoms with van der Waals surface area (Å²) in [6, 6.07) is 25.9. The minimum atomic E-state index is -0.191. The fourth-order valence-corrected chi connectivity index (χ4v) is 5.26. The summed E-state index contributed by atoms with van der Waals surface area (Å²) in [5.41, 5.74) is 8.38. The Kier molecular flexibility index (Phi) is 8.30. The van der Waals surface area contributed by atoms with Crippen LogP contribution in [-0.2, 0) is 16.1 Å². The summed E-state index contributed by atoms with van der Waals surface area (Å²) in [5.74, 6) is 0.0423. The Morgan fingerprint density at radius 2 is 1.74 bits per heavy atom. The van der Waals surface area contributed by atoms with Gasteiger partial charge in [-0.05, 0) is 68.5 Å². The van der Waals surface area contributed by atoms with Crippen LogP contribution in [0.1, 0.15) is 53.9 Å². The zero-order chi connectivity index (χ0) is 28.9. The van der Waals surface area contributed by atoms with Crippen molar-refractivity contribution < 1.29 is 14.3 Å². The summed E-state index contributed by atoms with van der Waals surface area (Å²) < 4.78 is 14.5. The summed E-state index contributed by atoms with van der Waals surface area (Å²) in [5, 5.41) is 5.01. The Morgan fingerprint density at radius 1 is 0.929 bits per heavy atom. The average Bonchev–Trinajstić information content (AvgIpc) is 3.49. The van der Waals surface area contributed by atoms with Crippen LogP contribution in [0.15, 0.2) is 97.5 Å². The molecule has 0 N–H and O–H groups in total. The molecular weight excluding hydrogens is 524 g/mol. The maximum absolute atomic E-state index is 11.7. The van der Waals surface area contributed by atoms with Gasteiger partial charge in [-0.25, -0.2) is 4.68 Å². The van der Waals surface area contributed by atoms with E-state index in [9.17, 15) is 4.79 Å². The van der Waals surface area contributed by atoms with E-state index in [1.54, 1.807) is 13.1 Å². The molecule has 0 spiro atoms. The van der Waals surface area contributed by atoms with Crippen molar-refractivity contribution in [3.63, 3.8) is 0 Å². The summed E-state index contributed by atoms with van der Waals surface area (Å²) in [6.45, 7) is 4.77. The number of ketones is 1. The third-order valence-corrected chi connectivity index (χ3v) is 7.61. The van der Waals surface area contributed by atoms with Crippen molar-refractivity contribution >= 4 is 5.78 Å². The van der Waals surface area contributed by atoms with E-state index < -0.39 is 0 Å². The second kappa shape index (κ2) is 12.6. The van der Waals surface area contributed by atoms with Crippen molar-refractivity contribution in [3.8, 4) is 33.8 Å². The molecule has 2 unspecified atom stereocenters. The molecule has 7 nitrogen and oxygen atoms in total. The average molecular weight is 559 g/mol. The molecule has 1 saturated heterocycles. The highest BCUT2D eigenvalue weighted by Gasteiger charge is 2.26. The SMILES string of the molecule is CC(=O)c1ccc(-c2cc(-c3cn(C4CCCC(COCc5ccc(C)cc5)O4)nc3-c3ccccn3)ccn2)cc1. The molecule has 1 aliphatic rings. The molecule has 6 rings (SSSR count). The quantitative estimate of drug-likeness (QED) is 0.175. The van der Waals surface area contributed by atoms with Crippen LogP contribution < -0.4 is 0 Å². The van der Waals surface area contributed by atoms with E-state index >= 15 is 0 Å². The van der Waals surface area contributed by atoms with Gasteiger partial charge >= 0.3 is 0 Å². The largest absolute Gasteiger partial charge is 0.374 e. The molecule has 5 aromatic rings. The lowest BCUT2D eigenvalue weighted by atomic mass is 10.0. The van der Waals surface area contributed by atoms with Gasteiger partial charge in [0.05, 0.1) is 30.7 Å². The molecule has 0 radical (unpaired) electrons. The highest BCUT2D eigenvalue weighted by atomic mass is 16.5. The van der Waals surface area contributed by atoms with Crippen LogP contribution in [0, 0.1) is 6.92 Å². The van der Waals surface area contributed by atoms with Crippen LogP contribution in [-0.4, -0.2) is 38.2 Å². The summed E-state index contributed by atoms with van der Waals surface area (Å²) in [4.78, 5) is 20.9. The number of aryl methyl sites for hydroxylation is 1. The Bertz CT molecular complexity index is 1650. The van der Waals surface area contributed by atoms with Gasteiger partial charge in [-0.2, -0.15) is 5.10 Å². The lowest BCUT2D eigenvalue weighted by Gasteiger charge is -2.30. The normalized spacial score (nSPS) is 16.8. The molecule has 1 aliphatic heterocycles. The van der Waals surface area contributed by atoms with Gasteiger partial charge in [0.2, 0.25) is 0 Å². The van der Waals surface area contributed by atoms with Crippen molar-refractivity contribution in [2.45, 2.75) is 52.0 Å². The van der Waals surface area contributed by atoms with E-state index in [0.29, 0.717) is 18.8 Å². The van der Waals surface area contributed by atoms with Crippen LogP contribution in [0.25, 0.3) is 33.8 Å². The Morgan fingerprint density at radius 3 is 2.50 bits per heavy atom. The number of pyridine rings is 2. The van der Waals surface area contributed by atoms with E-state index in [1.807, 2.05) is 59.4 Å². The van der Waals surface area contributed by atoms with Crippen LogP contribution in [0.3, 0.4) is 0 Å². The van der Waals surface area contributed by atoms with Gasteiger partial charge < -0.3 is 9.47 Å². The fraction of sp³-hybridized carbons (Fsp3) is 0.257. The van der Waals surface area contributed by atoms with Crippen LogP contribution in [0.5, 0.6) is 0 Å². The smallest absolute Gasteiger partial charge is 0.159 e. The second-order valence-electron chi connectivity index (χ2n) is 10.8. The van der Waals surface area contributed by atoms with Crippen molar-refractivity contribution in [1.29, 1.82) is 0 Å². The van der Waals surface area contributed by atoms with Gasteiger partial charge in [0, 0.05) is 35.3 Å². The predicted octanol–water partition coefficient (Wildman–Crippen LogP) is 7.47. The minimum absolute atomic E-state index is 0.00523. The molecular formula is C35H34N4O3. The molecule has 3 aromatic heterocycles. The molecule has 0 saturated carbocycles. The number of carbonyl (C=O) groups is 1. The topological polar surface area (TPSA) is 79.1 Å². The van der Waals surface area contributed by atoms with E-state index in [-0.39, 0.29) is 18.1 Å². The highest BCUT2D eigenvalue weighted by molar-refractivity contribution is 5.94. The molecule has 0 aliphatic carbocycles. The standard InChI is InChI=1S/C35H34N4O3/c1-24-9-11-26(12-10-24)22-41-23-30-6-5-8-34(42-30)39-21-31(35(38-39)32-7-3-4-18-36-32)29-17-19-37-33(20-29)28-15-13-27(14-16-28)25(2)40/h3-4,7,9-21,30,34H,5-6,8,22-23H2,1-2H3. The number of benzene rings is 2. The number of hydrogen-bond donors (Lipinski definition) is 0. The summed E-state index contributed by atoms with van der Waals surface area (Å²) in [7, 11) is 0. The van der Waals surface area contributed by atoms with Crippen molar-refractivity contribution in [2.75, 3.05) is 6.61 Å². The van der Waals surface area contributed by atoms with E-state index in [0.717, 1.165) is 58.6 Å². The fourth-order valence-electron chi connectivity index (χ4n) is 5.26. The monoisotopic (exact) mass is 558 g/mol. The first-order chi connectivity index (χ1) is 20.5. The van der Waals surface area contributed by atoms with Crippen molar-refractivity contribution in [3.05, 3.63) is 114 Å². The predicted molar refractivity (Wildman–Crippen MR) is 163 cm³/mol. The molecule has 7 heteroatoms. The molecule has 4 heterocycles. The first-order valence-electron chi connectivity index (χ1n) is 14.4. The molecule has 2 aromatic carbocycles. The second-order valence-corrected chi connectivity index (χ2v) is 10.8. The van der Waals surface area contributed by atoms with Gasteiger partial charge in [-0.1, -0.05) is 60.2 Å². The number of Topliss-reactive ketones (excluding diaryl/α,β-unsaturated/α-hetero) is 1. The minimum Gasteiger partial charge on any atom is -0.374 e. The molecule has 0 bridgehead atoms. The van der Waals surface area contributed by atoms with Crippen LogP contribution in [0.2, 0.25) is 0 Å². The third kappa shape index (κ3) is 6.38. The number of ether oxygens (including phenoxy) is 2. The van der Waals surface area contributed by atoms with Gasteiger partial charge in [-0.15, -0.1) is 0 Å². The first-order valence-corrected chi connectivity index (χ1v) is 14.4. The van der Waals surface area contributed by atoms with Gasteiger partial charge in [-0.3, -0.25) is 14.8 Å². The molecule has 42 heavy (non-hydrogen) atoms. The van der Waals surface area contributed by atoms with Crippen LogP contribution >= 0.6 is 0 Å². The Hall–Kier alpha value is -4.46. The Labute approximate surface area is 246 Å². The van der Waals surface area contributed by atoms with Crippen LogP contribution in [0.4, 0.5) is 0 Å². The molecule has 0 amide bonds. The lowest BCUT2D eigenvalue weighted by Crippen LogP contribution is -2.29. The lowest BCUT2D eigenvalue weighted by molar-refractivity contribution is -0.123. The molecule has 1 fully saturated rings. The van der Waals surface area contributed by atoms with E-state index in [2.05, 4.69) is 53.4 Å². The van der Waals surface area contributed by atoms with Crippen molar-refractivity contribution in [1.82, 2.24) is 19.7 Å². The Balaban J connectivity index is 1.24. The molecule has 2 atom stereocenters. The number of carbonyl (C=O) groups excluding carboxylic acids is 1. The maximum Gasteiger partial charge on any atom is 0.159 e. The number of nitrogens with zero attached hydrogens (tertiary/aromatic N) is 4. The van der Waals surface area contributed by atoms with E-state index in [4.69, 9.17) is 14.6 Å². The highest BCUT2D eigenvalue weighted by Crippen LogP contribution is 2.35. The van der Waals surface area contributed by atoms with Gasteiger partial charge in [0.15, 0.2) is 12.0 Å². The zero-order valence-electron chi connectivity index (χ0n) is 23.9. The molecule has 212 valence electrons. The third-order valence-electron chi connectivity index (χ3n) is 7.61. The van der Waals surface area contributed by atoms with Crippen molar-refractivity contribution in [2.24, 2.45) is 0 Å². The number of rotatable bonds is 9. The number of hydrogen-bond acceptors (Lipinski definition) is 6.